The third-order valence-electron chi connectivity index (χ3n) is 10.8. The fraction of sp³-hybridized carbons (Fsp3) is 0. The van der Waals surface area contributed by atoms with E-state index in [-0.39, 0.29) is 6.71 Å². The van der Waals surface area contributed by atoms with E-state index in [0.717, 1.165) is 49.8 Å². The molecule has 0 N–H and O–H groups in total. The lowest BCUT2D eigenvalue weighted by Gasteiger charge is -2.34. The normalized spacial score (nSPS) is 12.3. The smallest absolute Gasteiger partial charge is 0.255 e. The molecule has 4 heteroatoms. The summed E-state index contributed by atoms with van der Waals surface area (Å²) in [5.74, 6) is 1.78. The van der Waals surface area contributed by atoms with E-state index in [1.165, 1.54) is 31.9 Å². The molecule has 1 aliphatic heterocycles. The molecule has 9 aromatic rings. The summed E-state index contributed by atoms with van der Waals surface area (Å²) in [6.45, 7) is -0.00592. The van der Waals surface area contributed by atoms with Gasteiger partial charge in [-0.3, -0.25) is 0 Å². The topological polar surface area (TPSA) is 22.4 Å². The molecular weight excluding hydrogens is 647 g/mol. The molecule has 0 bridgehead atoms. The number of hydrogen-bond acceptors (Lipinski definition) is 2. The molecular formula is C48H33BO2Si. The zero-order chi connectivity index (χ0) is 34.5. The van der Waals surface area contributed by atoms with Gasteiger partial charge in [0, 0.05) is 10.8 Å². The average Bonchev–Trinajstić information content (AvgIpc) is 3.60. The van der Waals surface area contributed by atoms with Crippen LogP contribution in [-0.2, 0) is 0 Å². The van der Waals surface area contributed by atoms with Crippen LogP contribution in [0.5, 0.6) is 11.5 Å². The van der Waals surface area contributed by atoms with E-state index in [1.807, 2.05) is 12.1 Å². The van der Waals surface area contributed by atoms with Crippen LogP contribution in [-0.4, -0.2) is 14.8 Å². The van der Waals surface area contributed by atoms with Crippen LogP contribution in [0.2, 0.25) is 0 Å². The molecule has 0 saturated heterocycles. The van der Waals surface area contributed by atoms with Gasteiger partial charge < -0.3 is 9.15 Å². The van der Waals surface area contributed by atoms with Gasteiger partial charge in [0.2, 0.25) is 0 Å². The molecule has 1 aliphatic rings. The van der Waals surface area contributed by atoms with E-state index in [0.29, 0.717) is 0 Å². The molecule has 10 rings (SSSR count). The summed E-state index contributed by atoms with van der Waals surface area (Å²) in [6.07, 6.45) is 0. The van der Waals surface area contributed by atoms with Crippen LogP contribution in [0.25, 0.3) is 33.1 Å². The van der Waals surface area contributed by atoms with Crippen molar-refractivity contribution >= 4 is 73.9 Å². The first-order valence-electron chi connectivity index (χ1n) is 17.9. The first-order chi connectivity index (χ1) is 25.8. The predicted molar refractivity (Wildman–Crippen MR) is 220 cm³/mol. The number of hydrogen-bond donors (Lipinski definition) is 0. The maximum atomic E-state index is 6.78. The maximum Gasteiger partial charge on any atom is 0.255 e. The Bertz CT molecular complexity index is 2580. The maximum absolute atomic E-state index is 6.78. The van der Waals surface area contributed by atoms with E-state index in [1.54, 1.807) is 0 Å². The third kappa shape index (κ3) is 4.80. The Morgan fingerprint density at radius 1 is 0.365 bits per heavy atom. The van der Waals surface area contributed by atoms with Crippen LogP contribution in [0, 0.1) is 0 Å². The van der Waals surface area contributed by atoms with Gasteiger partial charge in [-0.25, -0.2) is 0 Å². The Balaban J connectivity index is 1.15. The molecule has 0 unspecified atom stereocenters. The number of ether oxygens (including phenoxy) is 1. The monoisotopic (exact) mass is 680 g/mol. The summed E-state index contributed by atoms with van der Waals surface area (Å²) >= 11 is 0. The fourth-order valence-electron chi connectivity index (χ4n) is 8.47. The van der Waals surface area contributed by atoms with Gasteiger partial charge in [-0.2, -0.15) is 0 Å². The summed E-state index contributed by atoms with van der Waals surface area (Å²) < 4.78 is 13.1. The molecule has 2 nitrogen and oxygen atoms in total. The van der Waals surface area contributed by atoms with Crippen LogP contribution < -0.4 is 41.9 Å². The Morgan fingerprint density at radius 2 is 0.865 bits per heavy atom. The van der Waals surface area contributed by atoms with E-state index < -0.39 is 8.07 Å². The minimum atomic E-state index is -2.66. The van der Waals surface area contributed by atoms with Crippen molar-refractivity contribution in [3.63, 3.8) is 0 Å². The van der Waals surface area contributed by atoms with Gasteiger partial charge in [0.15, 0.2) is 8.07 Å². The Hall–Kier alpha value is -6.36. The summed E-state index contributed by atoms with van der Waals surface area (Å²) in [5.41, 5.74) is 7.60. The molecule has 0 radical (unpaired) electrons. The number of fused-ring (bicyclic) bond motifs is 5. The standard InChI is InChI=1S/C48H33BO2Si/c1-4-17-36(18-5-1)52(37-19-6-2-7-20-37,38-21-8-3-9-22-38)39-23-14-16-34(32-39)35-30-31-45-41(33-35)40-24-15-27-44(48(40)51-45)49-42-25-10-12-28-46(42)50-47-29-13-11-26-43(47)49/h1-33H. The Labute approximate surface area is 304 Å². The first kappa shape index (κ1) is 30.5. The van der Waals surface area contributed by atoms with Crippen molar-refractivity contribution in [1.29, 1.82) is 0 Å². The number of para-hydroxylation sites is 3. The highest BCUT2D eigenvalue weighted by Crippen LogP contribution is 2.33. The Kier molecular flexibility index (Phi) is 7.29. The number of benzene rings is 8. The van der Waals surface area contributed by atoms with Crippen molar-refractivity contribution in [2.75, 3.05) is 0 Å². The SMILES string of the molecule is c1ccc([Si](c2ccccc2)(c2ccccc2)c2cccc(-c3ccc4oc5c(B6c7ccccc7Oc7ccccc76)cccc5c4c3)c2)cc1. The highest BCUT2D eigenvalue weighted by atomic mass is 28.3. The second-order valence-electron chi connectivity index (χ2n) is 13.6. The highest BCUT2D eigenvalue weighted by Gasteiger charge is 2.41. The number of rotatable bonds is 6. The highest BCUT2D eigenvalue weighted by molar-refractivity contribution is 7.19. The van der Waals surface area contributed by atoms with Crippen molar-refractivity contribution in [3.8, 4) is 22.6 Å². The molecule has 1 aromatic heterocycles. The lowest BCUT2D eigenvalue weighted by atomic mass is 9.35. The van der Waals surface area contributed by atoms with Gasteiger partial charge >= 0.3 is 0 Å². The quantitative estimate of drug-likeness (QED) is 0.136. The second kappa shape index (κ2) is 12.4. The zero-order valence-electron chi connectivity index (χ0n) is 28.4. The van der Waals surface area contributed by atoms with Crippen LogP contribution in [0.1, 0.15) is 0 Å². The predicted octanol–water partition coefficient (Wildman–Crippen LogP) is 7.25. The van der Waals surface area contributed by atoms with E-state index in [4.69, 9.17) is 9.15 Å². The van der Waals surface area contributed by atoms with Gasteiger partial charge in [0.05, 0.1) is 0 Å². The van der Waals surface area contributed by atoms with E-state index >= 15 is 0 Å². The summed E-state index contributed by atoms with van der Waals surface area (Å²) in [7, 11) is -2.66. The van der Waals surface area contributed by atoms with Gasteiger partial charge in [-0.05, 0) is 72.5 Å². The largest absolute Gasteiger partial charge is 0.458 e. The first-order valence-corrected chi connectivity index (χ1v) is 19.9. The second-order valence-corrected chi connectivity index (χ2v) is 17.4. The van der Waals surface area contributed by atoms with E-state index in [9.17, 15) is 0 Å². The minimum absolute atomic E-state index is 0.00592. The summed E-state index contributed by atoms with van der Waals surface area (Å²) in [4.78, 5) is 0. The average molecular weight is 681 g/mol. The zero-order valence-corrected chi connectivity index (χ0v) is 29.4. The minimum Gasteiger partial charge on any atom is -0.458 e. The molecule has 2 heterocycles. The van der Waals surface area contributed by atoms with Crippen LogP contribution in [0.4, 0.5) is 0 Å². The van der Waals surface area contributed by atoms with Gasteiger partial charge in [-0.1, -0.05) is 176 Å². The number of furan rings is 1. The Morgan fingerprint density at radius 3 is 1.48 bits per heavy atom. The summed E-state index contributed by atoms with van der Waals surface area (Å²) in [5, 5.41) is 7.68. The molecule has 0 atom stereocenters. The van der Waals surface area contributed by atoms with Crippen LogP contribution >= 0.6 is 0 Å². The molecule has 0 fully saturated rings. The molecule has 52 heavy (non-hydrogen) atoms. The van der Waals surface area contributed by atoms with Crippen molar-refractivity contribution in [2.24, 2.45) is 0 Å². The van der Waals surface area contributed by atoms with Crippen molar-refractivity contribution in [2.45, 2.75) is 0 Å². The molecule has 0 aliphatic carbocycles. The fourth-order valence-corrected chi connectivity index (χ4v) is 13.3. The van der Waals surface area contributed by atoms with E-state index in [2.05, 4.69) is 188 Å². The molecule has 8 aromatic carbocycles. The third-order valence-corrected chi connectivity index (χ3v) is 15.5. The van der Waals surface area contributed by atoms with Gasteiger partial charge in [0.25, 0.3) is 6.71 Å². The van der Waals surface area contributed by atoms with Crippen molar-refractivity contribution in [1.82, 2.24) is 0 Å². The van der Waals surface area contributed by atoms with Crippen molar-refractivity contribution in [3.05, 3.63) is 200 Å². The van der Waals surface area contributed by atoms with Crippen LogP contribution in [0.3, 0.4) is 0 Å². The van der Waals surface area contributed by atoms with Gasteiger partial charge in [0.1, 0.15) is 22.7 Å². The molecule has 244 valence electrons. The lowest BCUT2D eigenvalue weighted by Crippen LogP contribution is -2.74. The lowest BCUT2D eigenvalue weighted by molar-refractivity contribution is 0.487. The van der Waals surface area contributed by atoms with Crippen molar-refractivity contribution < 1.29 is 9.15 Å². The summed E-state index contributed by atoms with van der Waals surface area (Å²) in [6, 6.07) is 72.5. The molecule has 0 amide bonds. The molecule has 0 saturated carbocycles. The van der Waals surface area contributed by atoms with Crippen LogP contribution in [0.15, 0.2) is 205 Å². The molecule has 0 spiro atoms. The van der Waals surface area contributed by atoms with Gasteiger partial charge in [-0.15, -0.1) is 0 Å².